The van der Waals surface area contributed by atoms with Crippen molar-refractivity contribution >= 4 is 40.8 Å². The highest BCUT2D eigenvalue weighted by atomic mass is 32.2. The maximum Gasteiger partial charge on any atom is 0.224 e. The van der Waals surface area contributed by atoms with Crippen LogP contribution in [0.15, 0.2) is 46.5 Å². The Kier molecular flexibility index (Phi) is 6.89. The summed E-state index contributed by atoms with van der Waals surface area (Å²) < 4.78 is 11.8. The number of hydrogen-bond donors (Lipinski definition) is 3. The standard InChI is InChI=1S/C24H29N7O3S/c1-3-22(32)25-17-4-6-18(7-5-17)35-23-27-19(26-20-14-16(2)29-30-20)15-21(28-23)31-10-8-24(9-11-31)33-12-13-34-24/h4-7,14-15H,3,8-13H2,1-2H3,(H,25,32)(H2,26,27,28,29,30). The summed E-state index contributed by atoms with van der Waals surface area (Å²) in [5, 5.41) is 14.0. The molecule has 0 radical (unpaired) electrons. The van der Waals surface area contributed by atoms with Gasteiger partial charge in [0.25, 0.3) is 0 Å². The van der Waals surface area contributed by atoms with Crippen LogP contribution in [0.2, 0.25) is 0 Å². The van der Waals surface area contributed by atoms with E-state index >= 15 is 0 Å². The molecular weight excluding hydrogens is 466 g/mol. The number of aromatic nitrogens is 4. The Morgan fingerprint density at radius 2 is 1.86 bits per heavy atom. The molecule has 1 aromatic carbocycles. The Morgan fingerprint density at radius 1 is 1.11 bits per heavy atom. The number of aryl methyl sites for hydroxylation is 1. The molecule has 184 valence electrons. The van der Waals surface area contributed by atoms with Gasteiger partial charge in [-0.05, 0) is 43.0 Å². The van der Waals surface area contributed by atoms with Crippen LogP contribution in [0, 0.1) is 6.92 Å². The fraction of sp³-hybridized carbons (Fsp3) is 0.417. The van der Waals surface area contributed by atoms with Gasteiger partial charge in [0, 0.05) is 60.8 Å². The van der Waals surface area contributed by atoms with Crippen LogP contribution in [0.1, 0.15) is 31.9 Å². The zero-order valence-corrected chi connectivity index (χ0v) is 20.7. The van der Waals surface area contributed by atoms with Gasteiger partial charge in [0.2, 0.25) is 5.91 Å². The highest BCUT2D eigenvalue weighted by Gasteiger charge is 2.40. The monoisotopic (exact) mass is 495 g/mol. The zero-order chi connectivity index (χ0) is 24.3. The summed E-state index contributed by atoms with van der Waals surface area (Å²) in [6.07, 6.45) is 2.04. The highest BCUT2D eigenvalue weighted by molar-refractivity contribution is 7.99. The van der Waals surface area contributed by atoms with Gasteiger partial charge in [0.15, 0.2) is 16.8 Å². The van der Waals surface area contributed by atoms with Crippen molar-refractivity contribution in [3.63, 3.8) is 0 Å². The average Bonchev–Trinajstić information content (AvgIpc) is 3.49. The van der Waals surface area contributed by atoms with E-state index < -0.39 is 5.79 Å². The average molecular weight is 496 g/mol. The summed E-state index contributed by atoms with van der Waals surface area (Å²) in [6, 6.07) is 11.6. The second-order valence-electron chi connectivity index (χ2n) is 8.58. The van der Waals surface area contributed by atoms with Crippen LogP contribution >= 0.6 is 11.8 Å². The van der Waals surface area contributed by atoms with Crippen LogP contribution in [0.4, 0.5) is 23.1 Å². The molecule has 0 atom stereocenters. The Balaban J connectivity index is 1.36. The molecule has 3 N–H and O–H groups in total. The lowest BCUT2D eigenvalue weighted by atomic mass is 10.0. The predicted octanol–water partition coefficient (Wildman–Crippen LogP) is 4.09. The minimum Gasteiger partial charge on any atom is -0.356 e. The summed E-state index contributed by atoms with van der Waals surface area (Å²) >= 11 is 1.47. The molecule has 2 saturated heterocycles. The molecule has 0 aliphatic carbocycles. The van der Waals surface area contributed by atoms with Gasteiger partial charge in [0.05, 0.1) is 13.2 Å². The molecule has 5 rings (SSSR count). The number of H-pyrrole nitrogens is 1. The normalized spacial score (nSPS) is 17.0. The van der Waals surface area contributed by atoms with Gasteiger partial charge >= 0.3 is 0 Å². The minimum absolute atomic E-state index is 0.0116. The van der Waals surface area contributed by atoms with E-state index in [9.17, 15) is 4.79 Å². The molecule has 0 unspecified atom stereocenters. The Bertz CT molecular complexity index is 1170. The van der Waals surface area contributed by atoms with Crippen LogP contribution < -0.4 is 15.5 Å². The van der Waals surface area contributed by atoms with Crippen molar-refractivity contribution in [1.82, 2.24) is 20.2 Å². The lowest BCUT2D eigenvalue weighted by Gasteiger charge is -2.38. The number of nitrogens with zero attached hydrogens (tertiary/aromatic N) is 4. The van der Waals surface area contributed by atoms with E-state index in [-0.39, 0.29) is 5.91 Å². The molecule has 2 aromatic heterocycles. The Hall–Kier alpha value is -3.15. The number of benzene rings is 1. The summed E-state index contributed by atoms with van der Waals surface area (Å²) in [7, 11) is 0. The first-order chi connectivity index (χ1) is 17.0. The number of carbonyl (C=O) groups is 1. The first-order valence-electron chi connectivity index (χ1n) is 11.8. The van der Waals surface area contributed by atoms with Gasteiger partial charge in [-0.3, -0.25) is 9.89 Å². The first kappa shape index (κ1) is 23.6. The van der Waals surface area contributed by atoms with Crippen LogP contribution in [-0.2, 0) is 14.3 Å². The van der Waals surface area contributed by atoms with Gasteiger partial charge in [-0.15, -0.1) is 0 Å². The van der Waals surface area contributed by atoms with E-state index in [1.165, 1.54) is 11.8 Å². The molecule has 3 aromatic rings. The summed E-state index contributed by atoms with van der Waals surface area (Å²) in [5.41, 5.74) is 1.73. The summed E-state index contributed by atoms with van der Waals surface area (Å²) in [6.45, 7) is 6.67. The molecule has 1 amide bonds. The molecule has 0 saturated carbocycles. The number of aromatic amines is 1. The van der Waals surface area contributed by atoms with Crippen molar-refractivity contribution in [3.05, 3.63) is 42.1 Å². The third-order valence-corrected chi connectivity index (χ3v) is 6.86. The molecule has 2 aliphatic heterocycles. The molecule has 4 heterocycles. The van der Waals surface area contributed by atoms with Crippen LogP contribution in [0.3, 0.4) is 0 Å². The number of nitrogens with one attached hydrogen (secondary N) is 3. The number of anilines is 4. The lowest BCUT2D eigenvalue weighted by molar-refractivity contribution is -0.169. The van der Waals surface area contributed by atoms with E-state index in [1.54, 1.807) is 0 Å². The predicted molar refractivity (Wildman–Crippen MR) is 134 cm³/mol. The molecular formula is C24H29N7O3S. The van der Waals surface area contributed by atoms with E-state index in [1.807, 2.05) is 50.2 Å². The van der Waals surface area contributed by atoms with Crippen molar-refractivity contribution in [2.45, 2.75) is 48.9 Å². The number of hydrogen-bond acceptors (Lipinski definition) is 9. The topological polar surface area (TPSA) is 117 Å². The van der Waals surface area contributed by atoms with Crippen molar-refractivity contribution in [3.8, 4) is 0 Å². The number of amides is 1. The van der Waals surface area contributed by atoms with Crippen molar-refractivity contribution in [2.24, 2.45) is 0 Å². The highest BCUT2D eigenvalue weighted by Crippen LogP contribution is 2.35. The Labute approximate surface area is 208 Å². The van der Waals surface area contributed by atoms with Crippen molar-refractivity contribution < 1.29 is 14.3 Å². The molecule has 0 bridgehead atoms. The fourth-order valence-electron chi connectivity index (χ4n) is 4.12. The van der Waals surface area contributed by atoms with Crippen molar-refractivity contribution in [1.29, 1.82) is 0 Å². The SMILES string of the molecule is CCC(=O)Nc1ccc(Sc2nc(Nc3cc(C)[nH]n3)cc(N3CCC4(CC3)OCCO4)n2)cc1. The molecule has 10 nitrogen and oxygen atoms in total. The first-order valence-corrected chi connectivity index (χ1v) is 12.6. The molecule has 11 heteroatoms. The summed E-state index contributed by atoms with van der Waals surface area (Å²) in [5.74, 6) is 1.76. The van der Waals surface area contributed by atoms with Gasteiger partial charge in [0.1, 0.15) is 11.6 Å². The van der Waals surface area contributed by atoms with E-state index in [0.29, 0.717) is 36.4 Å². The smallest absolute Gasteiger partial charge is 0.224 e. The molecule has 35 heavy (non-hydrogen) atoms. The van der Waals surface area contributed by atoms with Crippen LogP contribution in [-0.4, -0.2) is 58.2 Å². The second-order valence-corrected chi connectivity index (χ2v) is 9.62. The zero-order valence-electron chi connectivity index (χ0n) is 19.8. The molecule has 2 fully saturated rings. The number of ether oxygens (including phenoxy) is 2. The fourth-order valence-corrected chi connectivity index (χ4v) is 4.89. The summed E-state index contributed by atoms with van der Waals surface area (Å²) in [4.78, 5) is 24.4. The quantitative estimate of drug-likeness (QED) is 0.417. The number of carbonyl (C=O) groups excluding carboxylic acids is 1. The van der Waals surface area contributed by atoms with Crippen LogP contribution in [0.25, 0.3) is 0 Å². The van der Waals surface area contributed by atoms with Gasteiger partial charge in [-0.2, -0.15) is 5.10 Å². The number of piperidine rings is 1. The van der Waals surface area contributed by atoms with Gasteiger partial charge in [-0.1, -0.05) is 6.92 Å². The molecule has 1 spiro atoms. The van der Waals surface area contributed by atoms with E-state index in [2.05, 4.69) is 25.7 Å². The van der Waals surface area contributed by atoms with E-state index in [4.69, 9.17) is 19.4 Å². The van der Waals surface area contributed by atoms with Crippen molar-refractivity contribution in [2.75, 3.05) is 41.8 Å². The Morgan fingerprint density at radius 3 is 2.51 bits per heavy atom. The third kappa shape index (κ3) is 5.75. The largest absolute Gasteiger partial charge is 0.356 e. The number of rotatable bonds is 7. The van der Waals surface area contributed by atoms with Crippen LogP contribution in [0.5, 0.6) is 0 Å². The van der Waals surface area contributed by atoms with Gasteiger partial charge in [-0.25, -0.2) is 9.97 Å². The third-order valence-electron chi connectivity index (χ3n) is 5.99. The molecule has 2 aliphatic rings. The van der Waals surface area contributed by atoms with Gasteiger partial charge < -0.3 is 25.0 Å². The second kappa shape index (κ2) is 10.2. The minimum atomic E-state index is -0.441. The maximum absolute atomic E-state index is 11.6. The maximum atomic E-state index is 11.6. The lowest BCUT2D eigenvalue weighted by Crippen LogP contribution is -2.45. The van der Waals surface area contributed by atoms with E-state index in [0.717, 1.165) is 48.0 Å².